The van der Waals surface area contributed by atoms with Gasteiger partial charge in [0.25, 0.3) is 0 Å². The molecule has 3 aromatic rings. The van der Waals surface area contributed by atoms with Gasteiger partial charge in [-0.2, -0.15) is 0 Å². The Kier molecular flexibility index (Phi) is 4.20. The third-order valence-electron chi connectivity index (χ3n) is 4.38. The standard InChI is InChI=1S/C18H20N6/c1-2-7-20-17(5-1)23-18-10-14(6-8-21-18)16-4-3-9-24(16)12-15-11-19-13-22-15/h1-2,5-8,10-11,13,16H,3-4,9,12H2,(H,19,22)(H,20,21,23)/t16-/m1/s1. The molecule has 4 heterocycles. The molecule has 0 aliphatic carbocycles. The zero-order valence-corrected chi connectivity index (χ0v) is 13.4. The molecule has 6 nitrogen and oxygen atoms in total. The second-order valence-electron chi connectivity index (χ2n) is 6.02. The summed E-state index contributed by atoms with van der Waals surface area (Å²) in [6.07, 6.45) is 9.66. The van der Waals surface area contributed by atoms with Crippen LogP contribution in [0.25, 0.3) is 0 Å². The fourth-order valence-electron chi connectivity index (χ4n) is 3.27. The lowest BCUT2D eigenvalue weighted by Crippen LogP contribution is -2.23. The van der Waals surface area contributed by atoms with Gasteiger partial charge in [-0.15, -0.1) is 0 Å². The van der Waals surface area contributed by atoms with Crippen molar-refractivity contribution in [1.82, 2.24) is 24.8 Å². The average molecular weight is 320 g/mol. The normalized spacial score (nSPS) is 17.9. The lowest BCUT2D eigenvalue weighted by atomic mass is 10.1. The van der Waals surface area contributed by atoms with Crippen LogP contribution in [0.2, 0.25) is 0 Å². The second-order valence-corrected chi connectivity index (χ2v) is 6.02. The highest BCUT2D eigenvalue weighted by Crippen LogP contribution is 2.33. The highest BCUT2D eigenvalue weighted by molar-refractivity contribution is 5.52. The molecule has 6 heteroatoms. The number of rotatable bonds is 5. The van der Waals surface area contributed by atoms with Crippen molar-refractivity contribution in [2.24, 2.45) is 0 Å². The molecule has 1 aliphatic heterocycles. The SMILES string of the molecule is c1ccc(Nc2cc([C@H]3CCCN3Cc3cnc[nH]3)ccn2)nc1. The zero-order valence-electron chi connectivity index (χ0n) is 13.4. The summed E-state index contributed by atoms with van der Waals surface area (Å²) >= 11 is 0. The summed E-state index contributed by atoms with van der Waals surface area (Å²) < 4.78 is 0. The monoisotopic (exact) mass is 320 g/mol. The molecule has 0 unspecified atom stereocenters. The number of anilines is 2. The Morgan fingerprint density at radius 2 is 2.12 bits per heavy atom. The number of likely N-dealkylation sites (tertiary alicyclic amines) is 1. The molecule has 122 valence electrons. The molecule has 24 heavy (non-hydrogen) atoms. The molecule has 2 N–H and O–H groups in total. The first-order valence-corrected chi connectivity index (χ1v) is 8.24. The fraction of sp³-hybridized carbons (Fsp3) is 0.278. The third-order valence-corrected chi connectivity index (χ3v) is 4.38. The van der Waals surface area contributed by atoms with Gasteiger partial charge in [-0.25, -0.2) is 15.0 Å². The molecule has 0 spiro atoms. The van der Waals surface area contributed by atoms with Gasteiger partial charge < -0.3 is 10.3 Å². The van der Waals surface area contributed by atoms with Gasteiger partial charge in [0.05, 0.1) is 6.33 Å². The van der Waals surface area contributed by atoms with Crippen LogP contribution in [0.5, 0.6) is 0 Å². The van der Waals surface area contributed by atoms with Gasteiger partial charge >= 0.3 is 0 Å². The molecule has 1 atom stereocenters. The van der Waals surface area contributed by atoms with E-state index < -0.39 is 0 Å². The Morgan fingerprint density at radius 1 is 1.17 bits per heavy atom. The summed E-state index contributed by atoms with van der Waals surface area (Å²) in [6, 6.07) is 10.5. The molecule has 0 amide bonds. The van der Waals surface area contributed by atoms with Gasteiger partial charge in [0, 0.05) is 36.9 Å². The summed E-state index contributed by atoms with van der Waals surface area (Å²) in [4.78, 5) is 18.5. The van der Waals surface area contributed by atoms with E-state index in [-0.39, 0.29) is 0 Å². The number of imidazole rings is 1. The zero-order chi connectivity index (χ0) is 16.2. The van der Waals surface area contributed by atoms with E-state index in [9.17, 15) is 0 Å². The smallest absolute Gasteiger partial charge is 0.131 e. The predicted octanol–water partition coefficient (Wildman–Crippen LogP) is 3.28. The molecular weight excluding hydrogens is 300 g/mol. The first-order chi connectivity index (χ1) is 11.9. The summed E-state index contributed by atoms with van der Waals surface area (Å²) in [5.74, 6) is 1.64. The lowest BCUT2D eigenvalue weighted by Gasteiger charge is -2.24. The maximum Gasteiger partial charge on any atom is 0.131 e. The highest BCUT2D eigenvalue weighted by atomic mass is 15.2. The molecule has 3 aromatic heterocycles. The van der Waals surface area contributed by atoms with Crippen LogP contribution < -0.4 is 5.32 Å². The minimum atomic E-state index is 0.417. The summed E-state index contributed by atoms with van der Waals surface area (Å²) in [5, 5.41) is 3.27. The fourth-order valence-corrected chi connectivity index (χ4v) is 3.27. The Morgan fingerprint density at radius 3 is 2.96 bits per heavy atom. The van der Waals surface area contributed by atoms with Crippen LogP contribution in [-0.4, -0.2) is 31.4 Å². The Balaban J connectivity index is 1.51. The van der Waals surface area contributed by atoms with Crippen LogP contribution in [0.1, 0.15) is 30.1 Å². The summed E-state index contributed by atoms with van der Waals surface area (Å²) in [5.41, 5.74) is 2.45. The van der Waals surface area contributed by atoms with E-state index in [4.69, 9.17) is 0 Å². The van der Waals surface area contributed by atoms with Crippen LogP contribution in [0.4, 0.5) is 11.6 Å². The predicted molar refractivity (Wildman–Crippen MR) is 92.7 cm³/mol. The van der Waals surface area contributed by atoms with Crippen molar-refractivity contribution >= 4 is 11.6 Å². The Labute approximate surface area is 141 Å². The van der Waals surface area contributed by atoms with E-state index in [0.29, 0.717) is 6.04 Å². The van der Waals surface area contributed by atoms with Gasteiger partial charge in [-0.1, -0.05) is 6.07 Å². The molecule has 0 aromatic carbocycles. The third kappa shape index (κ3) is 3.28. The number of nitrogens with zero attached hydrogens (tertiary/aromatic N) is 4. The number of aromatic amines is 1. The quantitative estimate of drug-likeness (QED) is 0.755. The van der Waals surface area contributed by atoms with E-state index in [2.05, 4.69) is 42.3 Å². The van der Waals surface area contributed by atoms with E-state index >= 15 is 0 Å². The maximum atomic E-state index is 4.42. The van der Waals surface area contributed by atoms with Gasteiger partial charge in [-0.3, -0.25) is 4.90 Å². The molecule has 1 saturated heterocycles. The van der Waals surface area contributed by atoms with E-state index in [1.54, 1.807) is 12.5 Å². The number of H-pyrrole nitrogens is 1. The second kappa shape index (κ2) is 6.80. The van der Waals surface area contributed by atoms with Gasteiger partial charge in [0.1, 0.15) is 11.6 Å². The Hall–Kier alpha value is -2.73. The van der Waals surface area contributed by atoms with Crippen LogP contribution in [0, 0.1) is 0 Å². The maximum absolute atomic E-state index is 4.42. The molecular formula is C18H20N6. The van der Waals surface area contributed by atoms with Gasteiger partial charge in [0.15, 0.2) is 0 Å². The minimum Gasteiger partial charge on any atom is -0.347 e. The summed E-state index contributed by atoms with van der Waals surface area (Å²) in [6.45, 7) is 2.00. The first-order valence-electron chi connectivity index (χ1n) is 8.24. The van der Waals surface area contributed by atoms with Crippen molar-refractivity contribution in [2.45, 2.75) is 25.4 Å². The number of hydrogen-bond acceptors (Lipinski definition) is 5. The van der Waals surface area contributed by atoms with Crippen molar-refractivity contribution in [3.8, 4) is 0 Å². The van der Waals surface area contributed by atoms with Gasteiger partial charge in [-0.05, 0) is 49.2 Å². The molecule has 1 aliphatic rings. The average Bonchev–Trinajstić information content (AvgIpc) is 3.28. The molecule has 4 rings (SSSR count). The minimum absolute atomic E-state index is 0.417. The van der Waals surface area contributed by atoms with E-state index in [0.717, 1.165) is 30.4 Å². The first kappa shape index (κ1) is 14.8. The largest absolute Gasteiger partial charge is 0.347 e. The molecule has 1 fully saturated rings. The van der Waals surface area contributed by atoms with E-state index in [1.807, 2.05) is 30.6 Å². The Bertz CT molecular complexity index is 771. The topological polar surface area (TPSA) is 69.7 Å². The molecule has 0 bridgehead atoms. The van der Waals surface area contributed by atoms with Crippen LogP contribution in [0.3, 0.4) is 0 Å². The highest BCUT2D eigenvalue weighted by Gasteiger charge is 2.26. The van der Waals surface area contributed by atoms with Crippen LogP contribution in [-0.2, 0) is 6.54 Å². The van der Waals surface area contributed by atoms with E-state index in [1.165, 1.54) is 18.4 Å². The van der Waals surface area contributed by atoms with Crippen molar-refractivity contribution in [1.29, 1.82) is 0 Å². The van der Waals surface area contributed by atoms with Gasteiger partial charge in [0.2, 0.25) is 0 Å². The number of hydrogen-bond donors (Lipinski definition) is 2. The van der Waals surface area contributed by atoms with Crippen molar-refractivity contribution < 1.29 is 0 Å². The van der Waals surface area contributed by atoms with Crippen molar-refractivity contribution in [2.75, 3.05) is 11.9 Å². The lowest BCUT2D eigenvalue weighted by molar-refractivity contribution is 0.246. The van der Waals surface area contributed by atoms with Crippen molar-refractivity contribution in [3.63, 3.8) is 0 Å². The van der Waals surface area contributed by atoms with Crippen molar-refractivity contribution in [3.05, 3.63) is 66.5 Å². The molecule has 0 radical (unpaired) electrons. The number of pyridine rings is 2. The van der Waals surface area contributed by atoms with Crippen LogP contribution in [0.15, 0.2) is 55.2 Å². The number of aromatic nitrogens is 4. The summed E-state index contributed by atoms with van der Waals surface area (Å²) in [7, 11) is 0. The van der Waals surface area contributed by atoms with Crippen LogP contribution >= 0.6 is 0 Å². The number of nitrogens with one attached hydrogen (secondary N) is 2. The molecule has 0 saturated carbocycles.